The molecular weight excluding hydrogens is 396 g/mol. The first-order valence-corrected chi connectivity index (χ1v) is 9.81. The summed E-state index contributed by atoms with van der Waals surface area (Å²) < 4.78 is 26.1. The predicted molar refractivity (Wildman–Crippen MR) is 103 cm³/mol. The Morgan fingerprint density at radius 3 is 2.52 bits per heavy atom. The minimum atomic E-state index is -3.99. The zero-order chi connectivity index (χ0) is 19.5. The maximum absolute atomic E-state index is 12.6. The molecule has 0 aliphatic carbocycles. The van der Waals surface area contributed by atoms with Crippen LogP contribution in [0.25, 0.3) is 0 Å². The average Bonchev–Trinajstić information content (AvgIpc) is 2.61. The van der Waals surface area contributed by atoms with Crippen LogP contribution in [0, 0.1) is 16.0 Å². The Morgan fingerprint density at radius 1 is 1.41 bits per heavy atom. The van der Waals surface area contributed by atoms with Gasteiger partial charge in [0.2, 0.25) is 15.9 Å². The number of halogens is 1. The second-order valence-corrected chi connectivity index (χ2v) is 8.64. The number of hydrogen-bond donors (Lipinski definition) is 1. The van der Waals surface area contributed by atoms with Crippen LogP contribution in [0.4, 0.5) is 5.69 Å². The van der Waals surface area contributed by atoms with Gasteiger partial charge in [0.15, 0.2) is 0 Å². The molecule has 1 unspecified atom stereocenters. The molecule has 1 atom stereocenters. The molecule has 0 bridgehead atoms. The van der Waals surface area contributed by atoms with Crippen LogP contribution in [0.15, 0.2) is 29.2 Å². The number of carbonyl (C=O) groups is 1. The number of benzene rings is 1. The second-order valence-electron chi connectivity index (χ2n) is 6.59. The number of piperidine rings is 1. The van der Waals surface area contributed by atoms with Gasteiger partial charge in [-0.2, -0.15) is 4.31 Å². The molecule has 2 N–H and O–H groups in total. The lowest BCUT2D eigenvalue weighted by Crippen LogP contribution is -2.46. The molecule has 0 radical (unpaired) electrons. The Balaban J connectivity index is 0.00000364. The van der Waals surface area contributed by atoms with Gasteiger partial charge in [-0.1, -0.05) is 6.07 Å². The van der Waals surface area contributed by atoms with E-state index in [4.69, 9.17) is 5.73 Å². The molecule has 2 rings (SSSR count). The number of nitro benzene ring substituents is 1. The monoisotopic (exact) mass is 420 g/mol. The van der Waals surface area contributed by atoms with Gasteiger partial charge in [0.25, 0.3) is 5.69 Å². The average molecular weight is 421 g/mol. The largest absolute Gasteiger partial charge is 0.342 e. The molecule has 0 aromatic heterocycles. The molecule has 1 aromatic carbocycles. The third kappa shape index (κ3) is 5.61. The predicted octanol–water partition coefficient (Wildman–Crippen LogP) is 1.22. The van der Waals surface area contributed by atoms with Gasteiger partial charge in [-0.05, 0) is 31.7 Å². The smallest absolute Gasteiger partial charge is 0.270 e. The van der Waals surface area contributed by atoms with Crippen LogP contribution >= 0.6 is 12.4 Å². The maximum atomic E-state index is 12.6. The number of sulfonamides is 1. The lowest BCUT2D eigenvalue weighted by atomic mass is 9.91. The summed E-state index contributed by atoms with van der Waals surface area (Å²) in [6.07, 6.45) is 1.59. The van der Waals surface area contributed by atoms with Crippen molar-refractivity contribution in [2.45, 2.75) is 30.7 Å². The van der Waals surface area contributed by atoms with E-state index in [1.807, 2.05) is 6.92 Å². The highest BCUT2D eigenvalue weighted by molar-refractivity contribution is 7.89. The fourth-order valence-electron chi connectivity index (χ4n) is 2.99. The van der Waals surface area contributed by atoms with Gasteiger partial charge in [-0.3, -0.25) is 14.9 Å². The topological polar surface area (TPSA) is 127 Å². The van der Waals surface area contributed by atoms with Crippen molar-refractivity contribution in [2.24, 2.45) is 11.7 Å². The first-order valence-electron chi connectivity index (χ1n) is 8.37. The van der Waals surface area contributed by atoms with Gasteiger partial charge in [0, 0.05) is 38.3 Å². The van der Waals surface area contributed by atoms with Crippen molar-refractivity contribution < 1.29 is 18.1 Å². The van der Waals surface area contributed by atoms with E-state index in [0.29, 0.717) is 19.0 Å². The van der Waals surface area contributed by atoms with Crippen molar-refractivity contribution in [3.63, 3.8) is 0 Å². The molecule has 27 heavy (non-hydrogen) atoms. The van der Waals surface area contributed by atoms with Gasteiger partial charge in [0.1, 0.15) is 0 Å². The van der Waals surface area contributed by atoms with Gasteiger partial charge in [-0.15, -0.1) is 12.4 Å². The number of hydrogen-bond acceptors (Lipinski definition) is 6. The Bertz CT molecular complexity index is 779. The first-order chi connectivity index (χ1) is 12.1. The van der Waals surface area contributed by atoms with Crippen molar-refractivity contribution in [3.8, 4) is 0 Å². The molecule has 1 amide bonds. The summed E-state index contributed by atoms with van der Waals surface area (Å²) in [6.45, 7) is 2.74. The van der Waals surface area contributed by atoms with Gasteiger partial charge >= 0.3 is 0 Å². The van der Waals surface area contributed by atoms with E-state index in [0.717, 1.165) is 23.2 Å². The SMILES string of the molecule is CC(N)C1CCN(C(=O)CN(C)S(=O)(=O)c2cccc([N+](=O)[O-])c2)CC1.Cl. The molecule has 1 aromatic rings. The zero-order valence-electron chi connectivity index (χ0n) is 15.3. The highest BCUT2D eigenvalue weighted by atomic mass is 35.5. The molecule has 1 fully saturated rings. The van der Waals surface area contributed by atoms with Crippen LogP contribution in [0.2, 0.25) is 0 Å². The number of nitro groups is 1. The Kier molecular flexibility index (Phi) is 8.15. The van der Waals surface area contributed by atoms with Crippen LogP contribution in [-0.2, 0) is 14.8 Å². The number of non-ortho nitro benzene ring substituents is 1. The van der Waals surface area contributed by atoms with Crippen LogP contribution in [0.1, 0.15) is 19.8 Å². The van der Waals surface area contributed by atoms with Crippen LogP contribution in [0.3, 0.4) is 0 Å². The van der Waals surface area contributed by atoms with Crippen molar-refractivity contribution in [1.29, 1.82) is 0 Å². The molecule has 0 saturated carbocycles. The second kappa shape index (κ2) is 9.45. The lowest BCUT2D eigenvalue weighted by molar-refractivity contribution is -0.385. The fourth-order valence-corrected chi connectivity index (χ4v) is 4.15. The molecule has 1 aliphatic rings. The molecule has 9 nitrogen and oxygen atoms in total. The molecule has 1 saturated heterocycles. The lowest BCUT2D eigenvalue weighted by Gasteiger charge is -2.34. The quantitative estimate of drug-likeness (QED) is 0.544. The summed E-state index contributed by atoms with van der Waals surface area (Å²) in [7, 11) is -2.70. The fraction of sp³-hybridized carbons (Fsp3) is 0.562. The van der Waals surface area contributed by atoms with E-state index in [1.165, 1.54) is 25.2 Å². The Morgan fingerprint density at radius 2 is 2.00 bits per heavy atom. The van der Waals surface area contributed by atoms with E-state index in [9.17, 15) is 23.3 Å². The molecule has 1 heterocycles. The minimum absolute atomic E-state index is 0. The molecule has 11 heteroatoms. The molecule has 152 valence electrons. The minimum Gasteiger partial charge on any atom is -0.342 e. The number of rotatable bonds is 6. The van der Waals surface area contributed by atoms with Gasteiger partial charge in [-0.25, -0.2) is 8.42 Å². The maximum Gasteiger partial charge on any atom is 0.270 e. The third-order valence-electron chi connectivity index (χ3n) is 4.73. The van der Waals surface area contributed by atoms with E-state index in [1.54, 1.807) is 4.90 Å². The summed E-state index contributed by atoms with van der Waals surface area (Å²) in [6, 6.07) is 4.86. The molecule has 0 spiro atoms. The number of likely N-dealkylation sites (tertiary alicyclic amines) is 1. The number of amides is 1. The summed E-state index contributed by atoms with van der Waals surface area (Å²) in [4.78, 5) is 24.0. The van der Waals surface area contributed by atoms with Crippen LogP contribution < -0.4 is 5.73 Å². The standard InChI is InChI=1S/C16H24N4O5S.ClH/c1-12(17)13-6-8-19(9-7-13)16(21)11-18(2)26(24,25)15-5-3-4-14(10-15)20(22)23;/h3-5,10,12-13H,6-9,11,17H2,1-2H3;1H. The highest BCUT2D eigenvalue weighted by Gasteiger charge is 2.29. The van der Waals surface area contributed by atoms with E-state index in [-0.39, 0.29) is 41.5 Å². The highest BCUT2D eigenvalue weighted by Crippen LogP contribution is 2.22. The normalized spacial score (nSPS) is 16.7. The number of nitrogens with zero attached hydrogens (tertiary/aromatic N) is 3. The van der Waals surface area contributed by atoms with Crippen LogP contribution in [-0.4, -0.2) is 61.2 Å². The number of likely N-dealkylation sites (N-methyl/N-ethyl adjacent to an activating group) is 1. The van der Waals surface area contributed by atoms with Crippen LogP contribution in [0.5, 0.6) is 0 Å². The van der Waals surface area contributed by atoms with E-state index < -0.39 is 14.9 Å². The third-order valence-corrected chi connectivity index (χ3v) is 6.53. The Hall–Kier alpha value is -1.75. The number of nitrogens with two attached hydrogens (primary N) is 1. The van der Waals surface area contributed by atoms with Gasteiger partial charge < -0.3 is 10.6 Å². The van der Waals surface area contributed by atoms with Crippen molar-refractivity contribution in [3.05, 3.63) is 34.4 Å². The summed E-state index contributed by atoms with van der Waals surface area (Å²) in [5, 5.41) is 10.8. The zero-order valence-corrected chi connectivity index (χ0v) is 16.9. The molecular formula is C16H25ClN4O5S. The summed E-state index contributed by atoms with van der Waals surface area (Å²) in [5.41, 5.74) is 5.57. The van der Waals surface area contributed by atoms with Crippen molar-refractivity contribution in [2.75, 3.05) is 26.7 Å². The van der Waals surface area contributed by atoms with E-state index >= 15 is 0 Å². The molecule has 1 aliphatic heterocycles. The first kappa shape index (κ1) is 23.3. The van der Waals surface area contributed by atoms with Crippen molar-refractivity contribution in [1.82, 2.24) is 9.21 Å². The van der Waals surface area contributed by atoms with E-state index in [2.05, 4.69) is 0 Å². The summed E-state index contributed by atoms with van der Waals surface area (Å²) in [5.74, 6) is 0.0787. The number of carbonyl (C=O) groups excluding carboxylic acids is 1. The summed E-state index contributed by atoms with van der Waals surface area (Å²) >= 11 is 0. The van der Waals surface area contributed by atoms with Gasteiger partial charge in [0.05, 0.1) is 16.4 Å². The van der Waals surface area contributed by atoms with Crippen molar-refractivity contribution >= 4 is 34.0 Å². The Labute approximate surface area is 165 Å².